The number of aromatic nitrogens is 3. The monoisotopic (exact) mass is 565 g/mol. The highest BCUT2D eigenvalue weighted by atomic mass is 16.3. The Morgan fingerprint density at radius 2 is 0.909 bits per heavy atom. The highest BCUT2D eigenvalue weighted by molar-refractivity contribution is 6.16. The molecule has 0 atom stereocenters. The zero-order chi connectivity index (χ0) is 29.0. The van der Waals surface area contributed by atoms with Gasteiger partial charge in [-0.15, -0.1) is 0 Å². The number of furan rings is 2. The second kappa shape index (κ2) is 9.75. The summed E-state index contributed by atoms with van der Waals surface area (Å²) in [4.78, 5) is 14.9. The van der Waals surface area contributed by atoms with Gasteiger partial charge >= 0.3 is 0 Å². The minimum atomic E-state index is 0.591. The Morgan fingerprint density at radius 1 is 0.364 bits per heavy atom. The summed E-state index contributed by atoms with van der Waals surface area (Å²) in [5, 5.41) is 4.17. The first-order chi connectivity index (χ1) is 21.8. The minimum Gasteiger partial charge on any atom is -0.456 e. The van der Waals surface area contributed by atoms with Crippen LogP contribution in [-0.2, 0) is 0 Å². The number of nitrogens with zero attached hydrogens (tertiary/aromatic N) is 3. The molecule has 9 aromatic rings. The van der Waals surface area contributed by atoms with E-state index in [4.69, 9.17) is 23.8 Å². The molecular formula is C39H23N3O2. The van der Waals surface area contributed by atoms with Crippen LogP contribution in [0.25, 0.3) is 89.2 Å². The van der Waals surface area contributed by atoms with E-state index < -0.39 is 0 Å². The predicted molar refractivity (Wildman–Crippen MR) is 176 cm³/mol. The van der Waals surface area contributed by atoms with Gasteiger partial charge in [0.2, 0.25) is 0 Å². The summed E-state index contributed by atoms with van der Waals surface area (Å²) in [6.45, 7) is 0. The zero-order valence-electron chi connectivity index (χ0n) is 23.4. The topological polar surface area (TPSA) is 65.0 Å². The van der Waals surface area contributed by atoms with Gasteiger partial charge in [0.1, 0.15) is 22.3 Å². The summed E-state index contributed by atoms with van der Waals surface area (Å²) >= 11 is 0. The van der Waals surface area contributed by atoms with Crippen molar-refractivity contribution in [2.24, 2.45) is 0 Å². The first-order valence-electron chi connectivity index (χ1n) is 14.5. The van der Waals surface area contributed by atoms with Gasteiger partial charge < -0.3 is 8.83 Å². The van der Waals surface area contributed by atoms with Crippen LogP contribution in [0.5, 0.6) is 0 Å². The van der Waals surface area contributed by atoms with Gasteiger partial charge in [-0.1, -0.05) is 103 Å². The summed E-state index contributed by atoms with van der Waals surface area (Å²) in [7, 11) is 0. The van der Waals surface area contributed by atoms with Crippen LogP contribution < -0.4 is 0 Å². The van der Waals surface area contributed by atoms with E-state index in [1.54, 1.807) is 0 Å². The van der Waals surface area contributed by atoms with E-state index in [0.717, 1.165) is 71.7 Å². The summed E-state index contributed by atoms with van der Waals surface area (Å²) < 4.78 is 12.8. The Bertz CT molecular complexity index is 2440. The fourth-order valence-electron chi connectivity index (χ4n) is 6.06. The van der Waals surface area contributed by atoms with E-state index in [0.29, 0.717) is 17.5 Å². The van der Waals surface area contributed by atoms with Crippen molar-refractivity contribution in [3.8, 4) is 45.3 Å². The van der Waals surface area contributed by atoms with Gasteiger partial charge in [-0.3, -0.25) is 0 Å². The van der Waals surface area contributed by atoms with Gasteiger partial charge in [-0.05, 0) is 42.0 Å². The number of fused-ring (bicyclic) bond motifs is 6. The molecule has 0 aliphatic heterocycles. The molecule has 44 heavy (non-hydrogen) atoms. The average Bonchev–Trinajstić information content (AvgIpc) is 3.67. The smallest absolute Gasteiger partial charge is 0.164 e. The number of rotatable bonds is 4. The molecule has 0 fully saturated rings. The lowest BCUT2D eigenvalue weighted by molar-refractivity contribution is 0.668. The van der Waals surface area contributed by atoms with Crippen molar-refractivity contribution in [2.75, 3.05) is 0 Å². The van der Waals surface area contributed by atoms with Crippen LogP contribution in [0.4, 0.5) is 0 Å². The lowest BCUT2D eigenvalue weighted by Crippen LogP contribution is -2.00. The fraction of sp³-hybridized carbons (Fsp3) is 0. The SMILES string of the molecule is c1ccc(-c2nc(-c3ccccc3)nc(-c3ccc(-c4ccc5c(c4)oc4ccccc45)c4oc5ccccc5c34)n2)cc1. The van der Waals surface area contributed by atoms with Crippen molar-refractivity contribution in [2.45, 2.75) is 0 Å². The lowest BCUT2D eigenvalue weighted by atomic mass is 9.97. The molecule has 5 nitrogen and oxygen atoms in total. The molecule has 3 aromatic heterocycles. The molecule has 5 heteroatoms. The van der Waals surface area contributed by atoms with Crippen molar-refractivity contribution in [3.63, 3.8) is 0 Å². The maximum absolute atomic E-state index is 6.60. The third kappa shape index (κ3) is 3.91. The van der Waals surface area contributed by atoms with Crippen LogP contribution in [0.2, 0.25) is 0 Å². The van der Waals surface area contributed by atoms with Crippen LogP contribution in [0.3, 0.4) is 0 Å². The van der Waals surface area contributed by atoms with Crippen LogP contribution in [-0.4, -0.2) is 15.0 Å². The van der Waals surface area contributed by atoms with Gasteiger partial charge in [0.25, 0.3) is 0 Å². The minimum absolute atomic E-state index is 0.591. The molecule has 3 heterocycles. The van der Waals surface area contributed by atoms with Crippen LogP contribution in [0.1, 0.15) is 0 Å². The summed E-state index contributed by atoms with van der Waals surface area (Å²) in [5.41, 5.74) is 8.03. The van der Waals surface area contributed by atoms with E-state index in [2.05, 4.69) is 42.5 Å². The Kier molecular flexibility index (Phi) is 5.43. The summed E-state index contributed by atoms with van der Waals surface area (Å²) in [6, 6.07) is 46.9. The molecule has 0 bridgehead atoms. The highest BCUT2D eigenvalue weighted by Gasteiger charge is 2.21. The standard InChI is InChI=1S/C39H23N3O2/c1-3-11-24(12-4-1)37-40-38(25-13-5-2-6-14-25)42-39(41-37)31-22-21-27(36-35(31)30-16-8-10-18-33(30)44-36)26-19-20-29-28-15-7-9-17-32(28)43-34(29)23-26/h1-23H. The van der Waals surface area contributed by atoms with Crippen molar-refractivity contribution in [1.29, 1.82) is 0 Å². The van der Waals surface area contributed by atoms with Gasteiger partial charge in [0, 0.05) is 43.8 Å². The fourth-order valence-corrected chi connectivity index (χ4v) is 6.06. The molecule has 0 aliphatic rings. The van der Waals surface area contributed by atoms with Crippen molar-refractivity contribution >= 4 is 43.9 Å². The van der Waals surface area contributed by atoms with Crippen LogP contribution in [0, 0.1) is 0 Å². The molecule has 0 spiro atoms. The van der Waals surface area contributed by atoms with Gasteiger partial charge in [-0.25, -0.2) is 15.0 Å². The van der Waals surface area contributed by atoms with Crippen LogP contribution in [0.15, 0.2) is 148 Å². The Balaban J connectivity index is 1.30. The average molecular weight is 566 g/mol. The van der Waals surface area contributed by atoms with Gasteiger partial charge in [0.05, 0.1) is 0 Å². The Hall–Kier alpha value is -6.07. The molecule has 0 saturated heterocycles. The van der Waals surface area contributed by atoms with Crippen LogP contribution >= 0.6 is 0 Å². The van der Waals surface area contributed by atoms with E-state index in [1.165, 1.54) is 0 Å². The molecule has 0 aliphatic carbocycles. The third-order valence-electron chi connectivity index (χ3n) is 8.16. The second-order valence-electron chi connectivity index (χ2n) is 10.8. The highest BCUT2D eigenvalue weighted by Crippen LogP contribution is 2.42. The summed E-state index contributed by atoms with van der Waals surface area (Å²) in [6.07, 6.45) is 0. The number of hydrogen-bond donors (Lipinski definition) is 0. The maximum atomic E-state index is 6.60. The Labute approximate surface area is 252 Å². The lowest BCUT2D eigenvalue weighted by Gasteiger charge is -2.11. The summed E-state index contributed by atoms with van der Waals surface area (Å²) in [5.74, 6) is 1.83. The molecule has 0 amide bonds. The van der Waals surface area contributed by atoms with Gasteiger partial charge in [-0.2, -0.15) is 0 Å². The van der Waals surface area contributed by atoms with E-state index in [-0.39, 0.29) is 0 Å². The van der Waals surface area contributed by atoms with Crippen molar-refractivity contribution in [3.05, 3.63) is 140 Å². The van der Waals surface area contributed by atoms with E-state index >= 15 is 0 Å². The molecule has 0 N–H and O–H groups in total. The second-order valence-corrected chi connectivity index (χ2v) is 10.8. The first kappa shape index (κ1) is 24.5. The zero-order valence-corrected chi connectivity index (χ0v) is 23.4. The largest absolute Gasteiger partial charge is 0.456 e. The maximum Gasteiger partial charge on any atom is 0.164 e. The van der Waals surface area contributed by atoms with E-state index in [9.17, 15) is 0 Å². The van der Waals surface area contributed by atoms with Crippen molar-refractivity contribution in [1.82, 2.24) is 15.0 Å². The first-order valence-corrected chi connectivity index (χ1v) is 14.5. The Morgan fingerprint density at radius 3 is 1.61 bits per heavy atom. The quantitative estimate of drug-likeness (QED) is 0.212. The molecule has 0 unspecified atom stereocenters. The molecule has 6 aromatic carbocycles. The molecule has 206 valence electrons. The van der Waals surface area contributed by atoms with Crippen molar-refractivity contribution < 1.29 is 8.83 Å². The number of benzene rings is 6. The molecular weight excluding hydrogens is 542 g/mol. The predicted octanol–water partition coefficient (Wildman–Crippen LogP) is 10.3. The normalized spacial score (nSPS) is 11.6. The number of para-hydroxylation sites is 2. The van der Waals surface area contributed by atoms with Gasteiger partial charge in [0.15, 0.2) is 17.5 Å². The third-order valence-corrected chi connectivity index (χ3v) is 8.16. The molecule has 0 radical (unpaired) electrons. The molecule has 9 rings (SSSR count). The van der Waals surface area contributed by atoms with E-state index in [1.807, 2.05) is 97.1 Å². The number of hydrogen-bond acceptors (Lipinski definition) is 5. The molecule has 0 saturated carbocycles.